The van der Waals surface area contributed by atoms with E-state index in [2.05, 4.69) is 0 Å². The maximum atomic E-state index is 12.6. The van der Waals surface area contributed by atoms with E-state index in [9.17, 15) is 19.8 Å². The van der Waals surface area contributed by atoms with E-state index in [-0.39, 0.29) is 6.54 Å². The van der Waals surface area contributed by atoms with E-state index in [4.69, 9.17) is 17.3 Å². The number of halogens is 1. The number of amides is 2. The lowest BCUT2D eigenvalue weighted by atomic mass is 9.81. The normalized spacial score (nSPS) is 21.7. The van der Waals surface area contributed by atoms with Crippen molar-refractivity contribution in [2.24, 2.45) is 5.73 Å². The molecule has 1 aromatic carbocycles. The third kappa shape index (κ3) is 4.42. The van der Waals surface area contributed by atoms with Gasteiger partial charge in [0, 0.05) is 25.2 Å². The molecule has 1 saturated heterocycles. The molecule has 138 valence electrons. The van der Waals surface area contributed by atoms with Crippen LogP contribution in [0.25, 0.3) is 0 Å². The Morgan fingerprint density at radius 2 is 2.04 bits per heavy atom. The van der Waals surface area contributed by atoms with Gasteiger partial charge in [0.25, 0.3) is 0 Å². The molecule has 0 radical (unpaired) electrons. The van der Waals surface area contributed by atoms with E-state index in [1.807, 2.05) is 12.1 Å². The summed E-state index contributed by atoms with van der Waals surface area (Å²) in [6, 6.07) is 6.25. The standard InChI is InChI=1S/C17H24ClN3O4/c1-20(15(23)14(19)10-22)17(7-2-8-21(11-17)16(24)25)9-12-3-5-13(18)6-4-12/h3-6,14,22H,2,7-11,19H2,1H3,(H,24,25). The molecular formula is C17H24ClN3O4. The Kier molecular flexibility index (Phi) is 6.26. The minimum absolute atomic E-state index is 0.200. The summed E-state index contributed by atoms with van der Waals surface area (Å²) in [6.07, 6.45) is 0.771. The van der Waals surface area contributed by atoms with Crippen molar-refractivity contribution in [3.63, 3.8) is 0 Å². The number of aliphatic hydroxyl groups is 1. The van der Waals surface area contributed by atoms with E-state index >= 15 is 0 Å². The first-order valence-corrected chi connectivity index (χ1v) is 8.53. The summed E-state index contributed by atoms with van der Waals surface area (Å²) in [5.74, 6) is -0.399. The van der Waals surface area contributed by atoms with Gasteiger partial charge in [-0.3, -0.25) is 4.79 Å². The Labute approximate surface area is 152 Å². The summed E-state index contributed by atoms with van der Waals surface area (Å²) < 4.78 is 0. The zero-order valence-corrected chi connectivity index (χ0v) is 14.9. The highest BCUT2D eigenvalue weighted by molar-refractivity contribution is 6.30. The molecule has 1 heterocycles. The average Bonchev–Trinajstić information content (AvgIpc) is 2.61. The molecule has 8 heteroatoms. The van der Waals surface area contributed by atoms with Gasteiger partial charge in [-0.1, -0.05) is 23.7 Å². The molecule has 7 nitrogen and oxygen atoms in total. The van der Waals surface area contributed by atoms with Crippen molar-refractivity contribution < 1.29 is 19.8 Å². The molecule has 1 aromatic rings. The maximum Gasteiger partial charge on any atom is 0.407 e. The second-order valence-electron chi connectivity index (χ2n) is 6.52. The number of nitrogens with zero attached hydrogens (tertiary/aromatic N) is 2. The molecule has 0 saturated carbocycles. The number of carbonyl (C=O) groups is 2. The SMILES string of the molecule is CN(C(=O)C(N)CO)C1(Cc2ccc(Cl)cc2)CCCN(C(=O)O)C1. The quantitative estimate of drug-likeness (QED) is 0.722. The van der Waals surface area contributed by atoms with Crippen molar-refractivity contribution in [2.45, 2.75) is 30.8 Å². The van der Waals surface area contributed by atoms with Gasteiger partial charge in [0.05, 0.1) is 12.1 Å². The van der Waals surface area contributed by atoms with Gasteiger partial charge < -0.3 is 25.7 Å². The van der Waals surface area contributed by atoms with Crippen molar-refractivity contribution in [3.8, 4) is 0 Å². The van der Waals surface area contributed by atoms with Crippen molar-refractivity contribution >= 4 is 23.6 Å². The van der Waals surface area contributed by atoms with Crippen LogP contribution in [-0.4, -0.2) is 70.3 Å². The Bertz CT molecular complexity index is 625. The highest BCUT2D eigenvalue weighted by Gasteiger charge is 2.43. The third-order valence-electron chi connectivity index (χ3n) is 4.83. The van der Waals surface area contributed by atoms with Crippen LogP contribution in [0.15, 0.2) is 24.3 Å². The number of piperidine rings is 1. The Balaban J connectivity index is 2.34. The zero-order chi connectivity index (χ0) is 18.6. The fraction of sp³-hybridized carbons (Fsp3) is 0.529. The lowest BCUT2D eigenvalue weighted by Gasteiger charge is -2.48. The van der Waals surface area contributed by atoms with E-state index in [1.165, 1.54) is 9.80 Å². The molecule has 2 rings (SSSR count). The smallest absolute Gasteiger partial charge is 0.407 e. The van der Waals surface area contributed by atoms with Gasteiger partial charge in [0.15, 0.2) is 0 Å². The number of benzene rings is 1. The van der Waals surface area contributed by atoms with Gasteiger partial charge in [0.1, 0.15) is 6.04 Å². The summed E-state index contributed by atoms with van der Waals surface area (Å²) in [5.41, 5.74) is 5.94. The molecule has 2 unspecified atom stereocenters. The van der Waals surface area contributed by atoms with Crippen LogP contribution in [-0.2, 0) is 11.2 Å². The maximum absolute atomic E-state index is 12.6. The number of hydrogen-bond donors (Lipinski definition) is 3. The monoisotopic (exact) mass is 369 g/mol. The molecule has 0 aromatic heterocycles. The van der Waals surface area contributed by atoms with Crippen LogP contribution in [0.4, 0.5) is 4.79 Å². The molecule has 0 bridgehead atoms. The molecule has 1 aliphatic rings. The number of likely N-dealkylation sites (tertiary alicyclic amines) is 1. The highest BCUT2D eigenvalue weighted by Crippen LogP contribution is 2.31. The van der Waals surface area contributed by atoms with Gasteiger partial charge >= 0.3 is 6.09 Å². The average molecular weight is 370 g/mol. The lowest BCUT2D eigenvalue weighted by molar-refractivity contribution is -0.140. The zero-order valence-electron chi connectivity index (χ0n) is 14.2. The molecule has 25 heavy (non-hydrogen) atoms. The summed E-state index contributed by atoms with van der Waals surface area (Å²) >= 11 is 5.93. The molecule has 2 atom stereocenters. The second kappa shape index (κ2) is 8.03. The second-order valence-corrected chi connectivity index (χ2v) is 6.96. The van der Waals surface area contributed by atoms with E-state index < -0.39 is 30.2 Å². The lowest BCUT2D eigenvalue weighted by Crippen LogP contribution is -2.63. The third-order valence-corrected chi connectivity index (χ3v) is 5.08. The van der Waals surface area contributed by atoms with E-state index in [0.29, 0.717) is 30.8 Å². The number of nitrogens with two attached hydrogens (primary N) is 1. The fourth-order valence-electron chi connectivity index (χ4n) is 3.36. The van der Waals surface area contributed by atoms with Crippen LogP contribution >= 0.6 is 11.6 Å². The van der Waals surface area contributed by atoms with Gasteiger partial charge in [-0.2, -0.15) is 0 Å². The number of hydrogen-bond acceptors (Lipinski definition) is 4. The summed E-state index contributed by atoms with van der Waals surface area (Å²) in [6.45, 7) is 0.181. The molecule has 1 aliphatic heterocycles. The van der Waals surface area contributed by atoms with E-state index in [1.54, 1.807) is 19.2 Å². The van der Waals surface area contributed by atoms with Gasteiger partial charge in [0.2, 0.25) is 5.91 Å². The number of carbonyl (C=O) groups excluding carboxylic acids is 1. The van der Waals surface area contributed by atoms with Crippen molar-refractivity contribution in [1.82, 2.24) is 9.80 Å². The van der Waals surface area contributed by atoms with Crippen LogP contribution in [0.1, 0.15) is 18.4 Å². The number of carboxylic acid groups (broad SMARTS) is 1. The summed E-state index contributed by atoms with van der Waals surface area (Å²) in [7, 11) is 1.62. The van der Waals surface area contributed by atoms with Crippen LogP contribution in [0.3, 0.4) is 0 Å². The Morgan fingerprint density at radius 3 is 2.60 bits per heavy atom. The van der Waals surface area contributed by atoms with Gasteiger partial charge in [-0.25, -0.2) is 4.79 Å². The van der Waals surface area contributed by atoms with Crippen molar-refractivity contribution in [1.29, 1.82) is 0 Å². The minimum Gasteiger partial charge on any atom is -0.465 e. The molecular weight excluding hydrogens is 346 g/mol. The molecule has 1 fully saturated rings. The summed E-state index contributed by atoms with van der Waals surface area (Å²) in [5, 5.41) is 19.2. The predicted molar refractivity (Wildman–Crippen MR) is 94.6 cm³/mol. The van der Waals surface area contributed by atoms with Gasteiger partial charge in [-0.15, -0.1) is 0 Å². The molecule has 2 amide bonds. The summed E-state index contributed by atoms with van der Waals surface area (Å²) in [4.78, 5) is 26.9. The van der Waals surface area contributed by atoms with Gasteiger partial charge in [-0.05, 0) is 37.0 Å². The Hall–Kier alpha value is -1.83. The fourth-order valence-corrected chi connectivity index (χ4v) is 3.48. The molecule has 0 spiro atoms. The topological polar surface area (TPSA) is 107 Å². The number of aliphatic hydroxyl groups excluding tert-OH is 1. The van der Waals surface area contributed by atoms with E-state index in [0.717, 1.165) is 5.56 Å². The Morgan fingerprint density at radius 1 is 1.40 bits per heavy atom. The molecule has 4 N–H and O–H groups in total. The first kappa shape index (κ1) is 19.5. The predicted octanol–water partition coefficient (Wildman–Crippen LogP) is 1.17. The first-order valence-electron chi connectivity index (χ1n) is 8.15. The highest BCUT2D eigenvalue weighted by atomic mass is 35.5. The van der Waals surface area contributed by atoms with Crippen LogP contribution in [0, 0.1) is 0 Å². The molecule has 0 aliphatic carbocycles. The van der Waals surface area contributed by atoms with Crippen molar-refractivity contribution in [2.75, 3.05) is 26.7 Å². The van der Waals surface area contributed by atoms with Crippen molar-refractivity contribution in [3.05, 3.63) is 34.9 Å². The van der Waals surface area contributed by atoms with Crippen LogP contribution in [0.5, 0.6) is 0 Å². The van der Waals surface area contributed by atoms with Crippen LogP contribution in [0.2, 0.25) is 5.02 Å². The largest absolute Gasteiger partial charge is 0.465 e. The number of likely N-dealkylation sites (N-methyl/N-ethyl adjacent to an activating group) is 1. The van der Waals surface area contributed by atoms with Crippen LogP contribution < -0.4 is 5.73 Å². The first-order chi connectivity index (χ1) is 11.8. The minimum atomic E-state index is -1.02. The number of rotatable bonds is 5.